The molecule has 0 fully saturated rings. The molecule has 0 aromatic heterocycles. The summed E-state index contributed by atoms with van der Waals surface area (Å²) >= 11 is 0. The molecule has 0 N–H and O–H groups in total. The van der Waals surface area contributed by atoms with Crippen LogP contribution >= 0.6 is 0 Å². The van der Waals surface area contributed by atoms with Crippen molar-refractivity contribution in [1.82, 2.24) is 0 Å². The third-order valence-electron chi connectivity index (χ3n) is 15.4. The van der Waals surface area contributed by atoms with E-state index in [2.05, 4.69) is 353 Å². The summed E-state index contributed by atoms with van der Waals surface area (Å²) in [7, 11) is 0. The molecule has 0 spiro atoms. The van der Waals surface area contributed by atoms with Crippen LogP contribution in [0, 0.1) is 27.7 Å². The van der Waals surface area contributed by atoms with Crippen LogP contribution in [-0.2, 0) is 0 Å². The first-order chi connectivity index (χ1) is 40.2. The lowest BCUT2D eigenvalue weighted by Gasteiger charge is -2.26. The maximum Gasteiger partial charge on any atom is 0.0462 e. The number of anilines is 6. The first-order valence-corrected chi connectivity index (χ1v) is 28.3. The van der Waals surface area contributed by atoms with Crippen molar-refractivity contribution in [2.45, 2.75) is 27.7 Å². The first-order valence-electron chi connectivity index (χ1n) is 28.3. The molecule has 0 amide bonds. The van der Waals surface area contributed by atoms with Crippen LogP contribution in [-0.4, -0.2) is 0 Å². The Balaban J connectivity index is 0.627. The van der Waals surface area contributed by atoms with Gasteiger partial charge in [0, 0.05) is 34.1 Å². The minimum absolute atomic E-state index is 1.13. The number of hydrogen-bond donors (Lipinski definition) is 0. The monoisotopic (exact) mass is 1050 g/mol. The SMILES string of the molecule is Cc1ccc(N(c2ccc(C)cc2)c2ccc(-c3ccc(-c4ccc(/C=C/c5ccc(-c6ccc(/C=C/c7ccc(-c8ccc(-c9ccc(N(c%10ccc(C)cc%10)c%10ccc(C)cc%10)cc9)cc8)cc7)cc6)cc5)cc4)cc3)cc2)cc1. The van der Waals surface area contributed by atoms with Crippen LogP contribution in [0.4, 0.5) is 34.1 Å². The van der Waals surface area contributed by atoms with E-state index in [4.69, 9.17) is 0 Å². The van der Waals surface area contributed by atoms with E-state index in [0.29, 0.717) is 0 Å². The molecule has 2 heteroatoms. The molecule has 0 aliphatic heterocycles. The van der Waals surface area contributed by atoms with Gasteiger partial charge in [0.1, 0.15) is 0 Å². The number of nitrogens with zero attached hydrogens (tertiary/aromatic N) is 2. The summed E-state index contributed by atoms with van der Waals surface area (Å²) in [5, 5.41) is 0. The van der Waals surface area contributed by atoms with Crippen molar-refractivity contribution >= 4 is 58.4 Å². The van der Waals surface area contributed by atoms with Crippen LogP contribution < -0.4 is 9.80 Å². The fraction of sp³-hybridized carbons (Fsp3) is 0.0500. The van der Waals surface area contributed by atoms with E-state index in [1.54, 1.807) is 0 Å². The third kappa shape index (κ3) is 12.3. The van der Waals surface area contributed by atoms with Gasteiger partial charge in [0.15, 0.2) is 0 Å². The smallest absolute Gasteiger partial charge is 0.0462 e. The molecule has 0 atom stereocenters. The summed E-state index contributed by atoms with van der Waals surface area (Å²) in [5.74, 6) is 0. The van der Waals surface area contributed by atoms with Crippen molar-refractivity contribution in [2.24, 2.45) is 0 Å². The summed E-state index contributed by atoms with van der Waals surface area (Å²) in [6, 6.07) is 106. The van der Waals surface area contributed by atoms with Crippen LogP contribution in [0.3, 0.4) is 0 Å². The molecule has 0 aliphatic carbocycles. The van der Waals surface area contributed by atoms with Crippen molar-refractivity contribution in [3.8, 4) is 55.6 Å². The van der Waals surface area contributed by atoms with E-state index < -0.39 is 0 Å². The van der Waals surface area contributed by atoms with E-state index in [-0.39, 0.29) is 0 Å². The van der Waals surface area contributed by atoms with Gasteiger partial charge in [-0.15, -0.1) is 0 Å². The second kappa shape index (κ2) is 24.0. The minimum atomic E-state index is 1.13. The normalized spacial score (nSPS) is 11.3. The molecule has 0 saturated heterocycles. The van der Waals surface area contributed by atoms with Crippen LogP contribution in [0.15, 0.2) is 291 Å². The number of rotatable bonds is 15. The number of benzene rings is 12. The predicted octanol–water partition coefficient (Wildman–Crippen LogP) is 22.5. The predicted molar refractivity (Wildman–Crippen MR) is 353 cm³/mol. The molecule has 0 bridgehead atoms. The lowest BCUT2D eigenvalue weighted by Crippen LogP contribution is -2.09. The molecule has 0 saturated carbocycles. The molecule has 0 radical (unpaired) electrons. The standard InChI is InChI=1S/C80H64N2/c1-57-5-45-75(46-6-57)81(76-47-7-58(2)8-48-76)79-53-41-73(42-54-79)71-37-33-69(34-38-71)67-29-21-63(22-30-67)15-13-61-17-25-65(26-18-61)66-27-19-62(20-28-66)14-16-64-23-31-68(32-24-64)70-35-39-72(40-36-70)74-43-55-80(56-44-74)82(77-49-9-59(3)10-50-77)78-51-11-60(4)12-52-78/h5-56H,1-4H3/b15-13+,16-14+. The van der Waals surface area contributed by atoms with E-state index in [1.165, 1.54) is 100 Å². The van der Waals surface area contributed by atoms with Crippen molar-refractivity contribution in [3.05, 3.63) is 336 Å². The van der Waals surface area contributed by atoms with Crippen LogP contribution in [0.2, 0.25) is 0 Å². The Hall–Kier alpha value is -10.3. The molecule has 82 heavy (non-hydrogen) atoms. The second-order valence-corrected chi connectivity index (χ2v) is 21.4. The fourth-order valence-corrected chi connectivity index (χ4v) is 10.5. The average molecular weight is 1050 g/mol. The van der Waals surface area contributed by atoms with Gasteiger partial charge in [-0.2, -0.15) is 0 Å². The highest BCUT2D eigenvalue weighted by atomic mass is 15.1. The van der Waals surface area contributed by atoms with E-state index in [1.807, 2.05) is 0 Å². The van der Waals surface area contributed by atoms with Gasteiger partial charge in [-0.1, -0.05) is 265 Å². The lowest BCUT2D eigenvalue weighted by molar-refractivity contribution is 1.27. The number of aryl methyl sites for hydroxylation is 4. The van der Waals surface area contributed by atoms with Crippen LogP contribution in [0.5, 0.6) is 0 Å². The van der Waals surface area contributed by atoms with Gasteiger partial charge in [0.25, 0.3) is 0 Å². The van der Waals surface area contributed by atoms with Gasteiger partial charge in [-0.05, 0) is 178 Å². The van der Waals surface area contributed by atoms with Crippen molar-refractivity contribution in [1.29, 1.82) is 0 Å². The highest BCUT2D eigenvalue weighted by Crippen LogP contribution is 2.39. The van der Waals surface area contributed by atoms with E-state index in [9.17, 15) is 0 Å². The summed E-state index contributed by atoms with van der Waals surface area (Å²) in [4.78, 5) is 4.63. The Morgan fingerprint density at radius 3 is 0.439 bits per heavy atom. The van der Waals surface area contributed by atoms with Crippen molar-refractivity contribution in [2.75, 3.05) is 9.80 Å². The lowest BCUT2D eigenvalue weighted by atomic mass is 9.99. The quantitative estimate of drug-likeness (QED) is 0.0944. The molecular weight excluding hydrogens is 989 g/mol. The summed E-state index contributed by atoms with van der Waals surface area (Å²) in [6.45, 7) is 8.51. The highest BCUT2D eigenvalue weighted by molar-refractivity contribution is 5.82. The number of hydrogen-bond acceptors (Lipinski definition) is 2. The van der Waals surface area contributed by atoms with Gasteiger partial charge in [0.2, 0.25) is 0 Å². The third-order valence-corrected chi connectivity index (χ3v) is 15.4. The summed E-state index contributed by atoms with van der Waals surface area (Å²) in [5.41, 5.74) is 28.4. The molecule has 12 aromatic carbocycles. The summed E-state index contributed by atoms with van der Waals surface area (Å²) < 4.78 is 0. The van der Waals surface area contributed by atoms with Crippen LogP contribution in [0.1, 0.15) is 44.5 Å². The van der Waals surface area contributed by atoms with Gasteiger partial charge >= 0.3 is 0 Å². The molecule has 2 nitrogen and oxygen atoms in total. The molecule has 12 aromatic rings. The van der Waals surface area contributed by atoms with Crippen molar-refractivity contribution in [3.63, 3.8) is 0 Å². The Labute approximate surface area is 484 Å². The first kappa shape index (κ1) is 52.4. The molecule has 0 aliphatic rings. The Morgan fingerprint density at radius 2 is 0.280 bits per heavy atom. The zero-order chi connectivity index (χ0) is 55.8. The van der Waals surface area contributed by atoms with Crippen molar-refractivity contribution < 1.29 is 0 Å². The van der Waals surface area contributed by atoms with E-state index in [0.717, 1.165) is 34.1 Å². The van der Waals surface area contributed by atoms with Gasteiger partial charge in [0.05, 0.1) is 0 Å². The van der Waals surface area contributed by atoms with Gasteiger partial charge in [-0.25, -0.2) is 0 Å². The van der Waals surface area contributed by atoms with Crippen LogP contribution in [0.25, 0.3) is 79.9 Å². The molecule has 394 valence electrons. The topological polar surface area (TPSA) is 6.48 Å². The highest BCUT2D eigenvalue weighted by Gasteiger charge is 2.15. The maximum atomic E-state index is 2.32. The second-order valence-electron chi connectivity index (χ2n) is 21.4. The molecule has 0 unspecified atom stereocenters. The molecular formula is C80H64N2. The zero-order valence-electron chi connectivity index (χ0n) is 46.9. The Morgan fingerprint density at radius 1 is 0.159 bits per heavy atom. The van der Waals surface area contributed by atoms with Gasteiger partial charge < -0.3 is 9.80 Å². The maximum absolute atomic E-state index is 2.32. The van der Waals surface area contributed by atoms with Gasteiger partial charge in [-0.3, -0.25) is 0 Å². The van der Waals surface area contributed by atoms with E-state index >= 15 is 0 Å². The Bertz CT molecular complexity index is 3730. The Kier molecular flexibility index (Phi) is 15.3. The molecule has 0 heterocycles. The summed E-state index contributed by atoms with van der Waals surface area (Å²) in [6.07, 6.45) is 8.74. The largest absolute Gasteiger partial charge is 0.311 e. The molecule has 12 rings (SSSR count). The zero-order valence-corrected chi connectivity index (χ0v) is 46.9. The fourth-order valence-electron chi connectivity index (χ4n) is 10.5. The average Bonchev–Trinajstić information content (AvgIpc) is 3.56. The minimum Gasteiger partial charge on any atom is -0.311 e.